The first-order valence-electron chi connectivity index (χ1n) is 6.74. The summed E-state index contributed by atoms with van der Waals surface area (Å²) in [5.74, 6) is 1.55. The van der Waals surface area contributed by atoms with Gasteiger partial charge in [-0.25, -0.2) is 8.42 Å². The Morgan fingerprint density at radius 3 is 2.58 bits per heavy atom. The van der Waals surface area contributed by atoms with Gasteiger partial charge in [-0.3, -0.25) is 4.99 Å². The Kier molecular flexibility index (Phi) is 9.30. The molecule has 0 atom stereocenters. The molecule has 5 nitrogen and oxygen atoms in total. The van der Waals surface area contributed by atoms with E-state index in [-0.39, 0.29) is 11.5 Å². The minimum atomic E-state index is -2.94. The second-order valence-corrected chi connectivity index (χ2v) is 7.22. The highest BCUT2D eigenvalue weighted by molar-refractivity contribution is 7.91. The summed E-state index contributed by atoms with van der Waals surface area (Å²) in [5, 5.41) is 6.10. The van der Waals surface area contributed by atoms with Crippen molar-refractivity contribution in [2.75, 3.05) is 31.1 Å². The summed E-state index contributed by atoms with van der Waals surface area (Å²) in [7, 11) is -2.94. The minimum Gasteiger partial charge on any atom is -0.355 e. The van der Waals surface area contributed by atoms with Gasteiger partial charge in [-0.1, -0.05) is 26.8 Å². The largest absolute Gasteiger partial charge is 0.355 e. The average molecular weight is 289 g/mol. The second kappa shape index (κ2) is 9.83. The Morgan fingerprint density at radius 2 is 2.05 bits per heavy atom. The number of nitrogens with one attached hydrogen (secondary N) is 2. The highest BCUT2D eigenvalue weighted by atomic mass is 32.2. The molecule has 0 aliphatic heterocycles. The number of nitrogens with zero attached hydrogens (tertiary/aromatic N) is 1. The third-order valence-electron chi connectivity index (χ3n) is 2.54. The molecule has 0 radical (unpaired) electrons. The fraction of sp³-hybridized carbons (Fsp3) is 0.769. The lowest BCUT2D eigenvalue weighted by Crippen LogP contribution is -2.40. The van der Waals surface area contributed by atoms with Crippen molar-refractivity contribution in [3.8, 4) is 0 Å². The van der Waals surface area contributed by atoms with Crippen molar-refractivity contribution < 1.29 is 8.42 Å². The first kappa shape index (κ1) is 18.0. The van der Waals surface area contributed by atoms with Gasteiger partial charge in [-0.15, -0.1) is 6.58 Å². The van der Waals surface area contributed by atoms with Crippen LogP contribution in [0.4, 0.5) is 0 Å². The average Bonchev–Trinajstić information content (AvgIpc) is 2.34. The van der Waals surface area contributed by atoms with Gasteiger partial charge in [0.25, 0.3) is 0 Å². The topological polar surface area (TPSA) is 70.6 Å². The molecule has 0 saturated carbocycles. The lowest BCUT2D eigenvalue weighted by Gasteiger charge is -2.11. The van der Waals surface area contributed by atoms with E-state index in [0.717, 1.165) is 13.0 Å². The van der Waals surface area contributed by atoms with E-state index in [0.29, 0.717) is 25.0 Å². The zero-order valence-electron chi connectivity index (χ0n) is 12.3. The van der Waals surface area contributed by atoms with Gasteiger partial charge >= 0.3 is 0 Å². The maximum Gasteiger partial charge on any atom is 0.191 e. The van der Waals surface area contributed by atoms with Crippen molar-refractivity contribution in [1.82, 2.24) is 10.6 Å². The number of sulfone groups is 1. The molecule has 0 amide bonds. The Hall–Kier alpha value is -1.04. The predicted octanol–water partition coefficient (Wildman–Crippen LogP) is 1.19. The fourth-order valence-corrected chi connectivity index (χ4v) is 1.95. The summed E-state index contributed by atoms with van der Waals surface area (Å²) >= 11 is 0. The van der Waals surface area contributed by atoms with Gasteiger partial charge in [0.05, 0.1) is 5.75 Å². The van der Waals surface area contributed by atoms with E-state index in [2.05, 4.69) is 36.1 Å². The van der Waals surface area contributed by atoms with Crippen molar-refractivity contribution in [3.63, 3.8) is 0 Å². The molecule has 0 aliphatic rings. The number of guanidine groups is 1. The molecule has 112 valence electrons. The van der Waals surface area contributed by atoms with Crippen LogP contribution in [0, 0.1) is 5.92 Å². The molecule has 0 saturated heterocycles. The SMILES string of the molecule is C=CCNC(=NCCC(C)C)NCCS(=O)(=O)CC. The number of hydrogen-bond donors (Lipinski definition) is 2. The highest BCUT2D eigenvalue weighted by Crippen LogP contribution is 1.98. The molecule has 19 heavy (non-hydrogen) atoms. The molecular weight excluding hydrogens is 262 g/mol. The molecule has 0 aliphatic carbocycles. The zero-order chi connectivity index (χ0) is 14.7. The molecule has 6 heteroatoms. The predicted molar refractivity (Wildman–Crippen MR) is 82.3 cm³/mol. The lowest BCUT2D eigenvalue weighted by molar-refractivity contribution is 0.593. The van der Waals surface area contributed by atoms with Crippen LogP contribution in [0.3, 0.4) is 0 Å². The van der Waals surface area contributed by atoms with Gasteiger partial charge in [0.15, 0.2) is 15.8 Å². The van der Waals surface area contributed by atoms with Crippen molar-refractivity contribution in [1.29, 1.82) is 0 Å². The molecule has 0 rings (SSSR count). The zero-order valence-corrected chi connectivity index (χ0v) is 13.1. The normalized spacial score (nSPS) is 12.5. The second-order valence-electron chi connectivity index (χ2n) is 4.75. The molecule has 0 spiro atoms. The number of rotatable bonds is 9. The van der Waals surface area contributed by atoms with Crippen LogP contribution in [0.2, 0.25) is 0 Å². The van der Waals surface area contributed by atoms with Crippen LogP contribution in [-0.2, 0) is 9.84 Å². The van der Waals surface area contributed by atoms with E-state index in [9.17, 15) is 8.42 Å². The summed E-state index contributed by atoms with van der Waals surface area (Å²) in [4.78, 5) is 4.40. The van der Waals surface area contributed by atoms with Gasteiger partial charge in [0, 0.05) is 25.4 Å². The van der Waals surface area contributed by atoms with Gasteiger partial charge in [0.1, 0.15) is 0 Å². The molecular formula is C13H27N3O2S. The molecule has 0 fully saturated rings. The summed E-state index contributed by atoms with van der Waals surface area (Å²) in [5.41, 5.74) is 0. The van der Waals surface area contributed by atoms with Crippen molar-refractivity contribution in [3.05, 3.63) is 12.7 Å². The lowest BCUT2D eigenvalue weighted by atomic mass is 10.1. The van der Waals surface area contributed by atoms with Crippen molar-refractivity contribution in [2.45, 2.75) is 27.2 Å². The van der Waals surface area contributed by atoms with Crippen LogP contribution in [0.15, 0.2) is 17.6 Å². The monoisotopic (exact) mass is 289 g/mol. The smallest absolute Gasteiger partial charge is 0.191 e. The van der Waals surface area contributed by atoms with Crippen LogP contribution in [0.25, 0.3) is 0 Å². The number of aliphatic imine (C=N–C) groups is 1. The highest BCUT2D eigenvalue weighted by Gasteiger charge is 2.07. The summed E-state index contributed by atoms with van der Waals surface area (Å²) in [6, 6.07) is 0. The van der Waals surface area contributed by atoms with Gasteiger partial charge in [-0.2, -0.15) is 0 Å². The van der Waals surface area contributed by atoms with E-state index in [1.165, 1.54) is 0 Å². The van der Waals surface area contributed by atoms with Crippen molar-refractivity contribution in [2.24, 2.45) is 10.9 Å². The van der Waals surface area contributed by atoms with E-state index < -0.39 is 9.84 Å². The summed E-state index contributed by atoms with van der Waals surface area (Å²) in [6.45, 7) is 11.3. The maximum atomic E-state index is 11.4. The van der Waals surface area contributed by atoms with Crippen LogP contribution < -0.4 is 10.6 Å². The molecule has 0 aromatic carbocycles. The molecule has 0 aromatic rings. The van der Waals surface area contributed by atoms with Crippen LogP contribution in [0.5, 0.6) is 0 Å². The van der Waals surface area contributed by atoms with E-state index in [1.807, 2.05) is 0 Å². The Labute approximate surface area is 117 Å². The fourth-order valence-electron chi connectivity index (χ4n) is 1.25. The summed E-state index contributed by atoms with van der Waals surface area (Å²) in [6.07, 6.45) is 2.75. The van der Waals surface area contributed by atoms with Gasteiger partial charge in [0.2, 0.25) is 0 Å². The number of hydrogen-bond acceptors (Lipinski definition) is 3. The van der Waals surface area contributed by atoms with E-state index >= 15 is 0 Å². The summed E-state index contributed by atoms with van der Waals surface area (Å²) < 4.78 is 22.8. The first-order chi connectivity index (χ1) is 8.91. The van der Waals surface area contributed by atoms with Crippen LogP contribution in [0.1, 0.15) is 27.2 Å². The molecule has 2 N–H and O–H groups in total. The Bertz CT molecular complexity index is 375. The minimum absolute atomic E-state index is 0.127. The Balaban J connectivity index is 4.22. The Morgan fingerprint density at radius 1 is 1.37 bits per heavy atom. The molecule has 0 aromatic heterocycles. The van der Waals surface area contributed by atoms with E-state index in [1.54, 1.807) is 13.0 Å². The standard InChI is InChI=1S/C13H27N3O2S/c1-5-8-14-13(15-9-7-12(3)4)16-10-11-19(17,18)6-2/h5,12H,1,6-11H2,2-4H3,(H2,14,15,16). The van der Waals surface area contributed by atoms with Crippen LogP contribution in [-0.4, -0.2) is 45.5 Å². The third kappa shape index (κ3) is 10.6. The first-order valence-corrected chi connectivity index (χ1v) is 8.57. The van der Waals surface area contributed by atoms with Crippen molar-refractivity contribution >= 4 is 15.8 Å². The van der Waals surface area contributed by atoms with Gasteiger partial charge < -0.3 is 10.6 Å². The quantitative estimate of drug-likeness (QED) is 0.380. The molecule has 0 heterocycles. The van der Waals surface area contributed by atoms with Gasteiger partial charge in [-0.05, 0) is 12.3 Å². The molecule has 0 unspecified atom stereocenters. The molecule has 0 bridgehead atoms. The van der Waals surface area contributed by atoms with E-state index in [4.69, 9.17) is 0 Å². The maximum absolute atomic E-state index is 11.4. The van der Waals surface area contributed by atoms with Crippen LogP contribution >= 0.6 is 0 Å². The third-order valence-corrected chi connectivity index (χ3v) is 4.24.